The SMILES string of the molecule is CN(C)C(=S)Oc1ccc(C=C2SC(=S)N(CCCC(=O)O)C2=O)cc1. The zero-order valence-electron chi connectivity index (χ0n) is 14.3. The standard InChI is InChI=1S/C17H18N2O4S3/c1-18(2)16(24)23-12-7-5-11(6-8-12)10-13-15(22)19(17(25)26-13)9-3-4-14(20)21/h5-8,10H,3-4,9H2,1-2H3,(H,20,21). The Morgan fingerprint density at radius 2 is 2.00 bits per heavy atom. The number of carboxylic acids is 1. The molecule has 1 N–H and O–H groups in total. The summed E-state index contributed by atoms with van der Waals surface area (Å²) < 4.78 is 5.95. The molecule has 138 valence electrons. The van der Waals surface area contributed by atoms with Gasteiger partial charge in [0, 0.05) is 27.1 Å². The van der Waals surface area contributed by atoms with Crippen LogP contribution < -0.4 is 4.74 Å². The van der Waals surface area contributed by atoms with Crippen LogP contribution in [0.2, 0.25) is 0 Å². The minimum Gasteiger partial charge on any atom is -0.481 e. The summed E-state index contributed by atoms with van der Waals surface area (Å²) in [7, 11) is 3.60. The van der Waals surface area contributed by atoms with Gasteiger partial charge in [-0.2, -0.15) is 0 Å². The Kier molecular flexibility index (Phi) is 7.13. The summed E-state index contributed by atoms with van der Waals surface area (Å²) in [5, 5.41) is 9.06. The van der Waals surface area contributed by atoms with Crippen LogP contribution in [0.5, 0.6) is 5.75 Å². The van der Waals surface area contributed by atoms with E-state index in [2.05, 4.69) is 0 Å². The maximum atomic E-state index is 12.4. The number of thiocarbonyl (C=S) groups is 2. The maximum Gasteiger partial charge on any atom is 0.303 e. The Bertz CT molecular complexity index is 760. The van der Waals surface area contributed by atoms with Crippen molar-refractivity contribution >= 4 is 63.6 Å². The second-order valence-corrected chi connectivity index (χ2v) is 7.69. The van der Waals surface area contributed by atoms with E-state index in [0.29, 0.717) is 33.1 Å². The molecule has 1 aliphatic heterocycles. The third kappa shape index (κ3) is 5.52. The molecular formula is C17H18N2O4S3. The fraction of sp³-hybridized carbons (Fsp3) is 0.294. The van der Waals surface area contributed by atoms with Crippen LogP contribution in [0.3, 0.4) is 0 Å². The van der Waals surface area contributed by atoms with Crippen molar-refractivity contribution in [2.45, 2.75) is 12.8 Å². The number of rotatable bonds is 6. The van der Waals surface area contributed by atoms with Crippen molar-refractivity contribution in [1.29, 1.82) is 0 Å². The summed E-state index contributed by atoms with van der Waals surface area (Å²) >= 11 is 11.5. The average Bonchev–Trinajstić information content (AvgIpc) is 2.83. The van der Waals surface area contributed by atoms with E-state index < -0.39 is 5.97 Å². The van der Waals surface area contributed by atoms with Gasteiger partial charge in [-0.25, -0.2) is 0 Å². The number of thioether (sulfide) groups is 1. The average molecular weight is 411 g/mol. The molecule has 1 aromatic rings. The van der Waals surface area contributed by atoms with Gasteiger partial charge in [0.2, 0.25) is 0 Å². The smallest absolute Gasteiger partial charge is 0.303 e. The van der Waals surface area contributed by atoms with E-state index in [0.717, 1.165) is 5.56 Å². The van der Waals surface area contributed by atoms with Crippen molar-refractivity contribution < 1.29 is 19.4 Å². The summed E-state index contributed by atoms with van der Waals surface area (Å²) in [5.74, 6) is -0.469. The van der Waals surface area contributed by atoms with Crippen molar-refractivity contribution in [3.63, 3.8) is 0 Å². The van der Waals surface area contributed by atoms with Gasteiger partial charge in [-0.15, -0.1) is 0 Å². The molecule has 0 radical (unpaired) electrons. The van der Waals surface area contributed by atoms with Crippen LogP contribution >= 0.6 is 36.2 Å². The van der Waals surface area contributed by atoms with Gasteiger partial charge < -0.3 is 14.7 Å². The highest BCUT2D eigenvalue weighted by atomic mass is 32.2. The first-order chi connectivity index (χ1) is 12.3. The minimum absolute atomic E-state index is 0.00633. The lowest BCUT2D eigenvalue weighted by Crippen LogP contribution is -2.29. The van der Waals surface area contributed by atoms with Crippen molar-refractivity contribution in [2.75, 3.05) is 20.6 Å². The minimum atomic E-state index is -0.887. The molecule has 0 atom stereocenters. The molecule has 0 saturated carbocycles. The third-order valence-corrected chi connectivity index (χ3v) is 5.22. The van der Waals surface area contributed by atoms with Gasteiger partial charge in [0.15, 0.2) is 0 Å². The lowest BCUT2D eigenvalue weighted by molar-refractivity contribution is -0.137. The first-order valence-corrected chi connectivity index (χ1v) is 9.37. The number of nitrogens with zero attached hydrogens (tertiary/aromatic N) is 2. The summed E-state index contributed by atoms with van der Waals surface area (Å²) in [6.45, 7) is 0.309. The number of ether oxygens (including phenoxy) is 1. The number of hydrogen-bond acceptors (Lipinski definition) is 6. The molecule has 2 rings (SSSR count). The van der Waals surface area contributed by atoms with Gasteiger partial charge in [-0.3, -0.25) is 14.5 Å². The molecule has 1 heterocycles. The molecule has 0 unspecified atom stereocenters. The second kappa shape index (κ2) is 9.11. The van der Waals surface area contributed by atoms with E-state index in [1.807, 2.05) is 12.1 Å². The van der Waals surface area contributed by atoms with E-state index in [1.165, 1.54) is 16.7 Å². The Hall–Kier alpha value is -1.97. The Morgan fingerprint density at radius 1 is 1.35 bits per heavy atom. The molecule has 1 aliphatic rings. The fourth-order valence-electron chi connectivity index (χ4n) is 2.06. The van der Waals surface area contributed by atoms with Gasteiger partial charge in [-0.05, 0) is 42.4 Å². The summed E-state index contributed by atoms with van der Waals surface area (Å²) in [5.41, 5.74) is 0.833. The van der Waals surface area contributed by atoms with Crippen LogP contribution in [-0.2, 0) is 9.59 Å². The van der Waals surface area contributed by atoms with Crippen LogP contribution in [0.25, 0.3) is 6.08 Å². The molecule has 0 aliphatic carbocycles. The predicted molar refractivity (Wildman–Crippen MR) is 110 cm³/mol. The van der Waals surface area contributed by atoms with Crippen LogP contribution in [0.15, 0.2) is 29.2 Å². The number of aliphatic carboxylic acids is 1. The van der Waals surface area contributed by atoms with Gasteiger partial charge >= 0.3 is 5.97 Å². The van der Waals surface area contributed by atoms with E-state index in [9.17, 15) is 9.59 Å². The van der Waals surface area contributed by atoms with E-state index in [1.54, 1.807) is 37.2 Å². The van der Waals surface area contributed by atoms with Crippen LogP contribution in [-0.4, -0.2) is 56.9 Å². The largest absolute Gasteiger partial charge is 0.481 e. The highest BCUT2D eigenvalue weighted by Gasteiger charge is 2.31. The third-order valence-electron chi connectivity index (χ3n) is 3.39. The number of benzene rings is 1. The van der Waals surface area contributed by atoms with Crippen LogP contribution in [0.1, 0.15) is 18.4 Å². The first kappa shape index (κ1) is 20.3. The van der Waals surface area contributed by atoms with Crippen molar-refractivity contribution in [3.8, 4) is 5.75 Å². The molecule has 1 saturated heterocycles. The normalized spacial score (nSPS) is 15.5. The Labute approximate surface area is 166 Å². The zero-order valence-corrected chi connectivity index (χ0v) is 16.7. The summed E-state index contributed by atoms with van der Waals surface area (Å²) in [6.07, 6.45) is 2.13. The van der Waals surface area contributed by atoms with Gasteiger partial charge in [0.1, 0.15) is 10.1 Å². The Morgan fingerprint density at radius 3 is 2.58 bits per heavy atom. The first-order valence-electron chi connectivity index (χ1n) is 7.74. The van der Waals surface area contributed by atoms with E-state index in [-0.39, 0.29) is 12.3 Å². The zero-order chi connectivity index (χ0) is 19.3. The molecule has 0 aromatic heterocycles. The maximum absolute atomic E-state index is 12.4. The lowest BCUT2D eigenvalue weighted by atomic mass is 10.2. The molecule has 1 amide bonds. The van der Waals surface area contributed by atoms with Gasteiger partial charge in [-0.1, -0.05) is 36.1 Å². The Balaban J connectivity index is 2.03. The fourth-order valence-corrected chi connectivity index (χ4v) is 3.46. The predicted octanol–water partition coefficient (Wildman–Crippen LogP) is 2.98. The number of amides is 1. The molecule has 0 spiro atoms. The highest BCUT2D eigenvalue weighted by molar-refractivity contribution is 8.26. The monoisotopic (exact) mass is 410 g/mol. The molecule has 1 aromatic carbocycles. The molecular weight excluding hydrogens is 392 g/mol. The number of hydrogen-bond donors (Lipinski definition) is 1. The second-order valence-electron chi connectivity index (χ2n) is 5.66. The van der Waals surface area contributed by atoms with E-state index in [4.69, 9.17) is 34.3 Å². The topological polar surface area (TPSA) is 70.1 Å². The van der Waals surface area contributed by atoms with Crippen molar-refractivity contribution in [3.05, 3.63) is 34.7 Å². The van der Waals surface area contributed by atoms with E-state index >= 15 is 0 Å². The number of carbonyl (C=O) groups excluding carboxylic acids is 1. The molecule has 9 heteroatoms. The molecule has 26 heavy (non-hydrogen) atoms. The summed E-state index contributed by atoms with van der Waals surface area (Å²) in [6, 6.07) is 7.19. The molecule has 1 fully saturated rings. The summed E-state index contributed by atoms with van der Waals surface area (Å²) in [4.78, 5) is 26.7. The molecule has 6 nitrogen and oxygen atoms in total. The lowest BCUT2D eigenvalue weighted by Gasteiger charge is -2.14. The quantitative estimate of drug-likeness (QED) is 0.567. The highest BCUT2D eigenvalue weighted by Crippen LogP contribution is 2.33. The van der Waals surface area contributed by atoms with Crippen LogP contribution in [0, 0.1) is 0 Å². The van der Waals surface area contributed by atoms with Crippen LogP contribution in [0.4, 0.5) is 0 Å². The number of carboxylic acid groups (broad SMARTS) is 1. The van der Waals surface area contributed by atoms with Crippen molar-refractivity contribution in [2.24, 2.45) is 0 Å². The molecule has 0 bridgehead atoms. The van der Waals surface area contributed by atoms with Gasteiger partial charge in [0.05, 0.1) is 4.91 Å². The number of carbonyl (C=O) groups is 2. The van der Waals surface area contributed by atoms with Gasteiger partial charge in [0.25, 0.3) is 11.1 Å². The van der Waals surface area contributed by atoms with Crippen molar-refractivity contribution in [1.82, 2.24) is 9.80 Å².